The van der Waals surface area contributed by atoms with E-state index in [-0.39, 0.29) is 5.16 Å². The Morgan fingerprint density at radius 2 is 1.12 bits per heavy atom. The molecule has 2 aromatic rings. The molecule has 1 unspecified atom stereocenters. The van der Waals surface area contributed by atoms with E-state index >= 15 is 0 Å². The Balaban J connectivity index is 2.67. The summed E-state index contributed by atoms with van der Waals surface area (Å²) in [7, 11) is 3.26. The van der Waals surface area contributed by atoms with Crippen molar-refractivity contribution in [1.82, 2.24) is 0 Å². The number of aryl methyl sites for hydroxylation is 2. The molecule has 0 fully saturated rings. The maximum absolute atomic E-state index is 3.26. The number of rotatable bonds is 6. The van der Waals surface area contributed by atoms with Crippen molar-refractivity contribution in [3.05, 3.63) is 68.8 Å². The van der Waals surface area contributed by atoms with E-state index < -0.39 is 0 Å². The molecule has 0 aliphatic rings. The molecule has 0 radical (unpaired) electrons. The van der Waals surface area contributed by atoms with Crippen LogP contribution >= 0.6 is 9.24 Å². The highest BCUT2D eigenvalue weighted by molar-refractivity contribution is 7.19. The lowest BCUT2D eigenvalue weighted by Gasteiger charge is -2.35. The first-order chi connectivity index (χ1) is 11.7. The first-order valence-corrected chi connectivity index (χ1v) is 10.2. The fourth-order valence-corrected chi connectivity index (χ4v) is 4.78. The Hall–Kier alpha value is -1.13. The second-order valence-corrected chi connectivity index (χ2v) is 8.77. The topological polar surface area (TPSA) is 0 Å². The van der Waals surface area contributed by atoms with Gasteiger partial charge in [0.15, 0.2) is 0 Å². The molecule has 0 N–H and O–H groups in total. The van der Waals surface area contributed by atoms with Crippen molar-refractivity contribution in [3.63, 3.8) is 0 Å². The molecule has 1 atom stereocenters. The van der Waals surface area contributed by atoms with Crippen molar-refractivity contribution in [2.45, 2.75) is 79.3 Å². The van der Waals surface area contributed by atoms with Gasteiger partial charge in [-0.05, 0) is 92.5 Å². The lowest BCUT2D eigenvalue weighted by atomic mass is 9.79. The Morgan fingerprint density at radius 1 is 0.680 bits per heavy atom. The van der Waals surface area contributed by atoms with Crippen LogP contribution in [0.5, 0.6) is 0 Å². The van der Waals surface area contributed by atoms with Gasteiger partial charge in [-0.25, -0.2) is 0 Å². The molecular weight excluding hydrogens is 319 g/mol. The number of unbranched alkanes of at least 4 members (excludes halogenated alkanes) is 2. The van der Waals surface area contributed by atoms with Crippen LogP contribution in [0.1, 0.15) is 77.1 Å². The molecule has 0 saturated carbocycles. The zero-order valence-corrected chi connectivity index (χ0v) is 18.4. The van der Waals surface area contributed by atoms with Crippen LogP contribution in [0.4, 0.5) is 0 Å². The van der Waals surface area contributed by atoms with Crippen LogP contribution in [-0.2, 0) is 5.16 Å². The SMILES string of the molecule is CCCCCC(P)(c1ccc(C)c(C)c1C)c1ccc(C)c(C)c1C. The maximum Gasteiger partial charge on any atom is 0.0349 e. The largest absolute Gasteiger partial charge is 0.122 e. The Labute approximate surface area is 157 Å². The molecule has 0 bridgehead atoms. The second-order valence-electron chi connectivity index (χ2n) is 7.79. The van der Waals surface area contributed by atoms with Crippen molar-refractivity contribution in [2.75, 3.05) is 0 Å². The Bertz CT molecular complexity index is 698. The lowest BCUT2D eigenvalue weighted by Crippen LogP contribution is -2.23. The molecule has 2 aromatic carbocycles. The molecule has 0 nitrogen and oxygen atoms in total. The quantitative estimate of drug-likeness (QED) is 0.379. The molecule has 0 aliphatic carbocycles. The van der Waals surface area contributed by atoms with Crippen molar-refractivity contribution < 1.29 is 0 Å². The summed E-state index contributed by atoms with van der Waals surface area (Å²) in [5.41, 5.74) is 11.5. The van der Waals surface area contributed by atoms with Gasteiger partial charge in [0.05, 0.1) is 0 Å². The lowest BCUT2D eigenvalue weighted by molar-refractivity contribution is 0.579. The molecule has 0 saturated heterocycles. The van der Waals surface area contributed by atoms with Crippen LogP contribution in [0.25, 0.3) is 0 Å². The average molecular weight is 355 g/mol. The van der Waals surface area contributed by atoms with Gasteiger partial charge in [-0.1, -0.05) is 50.5 Å². The number of benzene rings is 2. The van der Waals surface area contributed by atoms with Crippen molar-refractivity contribution in [2.24, 2.45) is 0 Å². The van der Waals surface area contributed by atoms with E-state index in [9.17, 15) is 0 Å². The first kappa shape index (κ1) is 20.2. The molecule has 136 valence electrons. The van der Waals surface area contributed by atoms with E-state index in [4.69, 9.17) is 0 Å². The van der Waals surface area contributed by atoms with E-state index in [1.165, 1.54) is 70.2 Å². The average Bonchev–Trinajstić information content (AvgIpc) is 2.57. The standard InChI is InChI=1S/C24H35P/c1-8-9-10-15-24(25,22-13-11-16(2)18(4)20(22)6)23-14-12-17(3)19(5)21(23)7/h11-14H,8-10,15,25H2,1-7H3. The van der Waals surface area contributed by atoms with E-state index in [1.807, 2.05) is 0 Å². The van der Waals surface area contributed by atoms with E-state index in [1.54, 1.807) is 0 Å². The van der Waals surface area contributed by atoms with Crippen molar-refractivity contribution >= 4 is 9.24 Å². The second kappa shape index (κ2) is 8.05. The van der Waals surface area contributed by atoms with Crippen LogP contribution < -0.4 is 0 Å². The maximum atomic E-state index is 3.26. The van der Waals surface area contributed by atoms with Gasteiger partial charge < -0.3 is 0 Å². The fraction of sp³-hybridized carbons (Fsp3) is 0.500. The number of hydrogen-bond acceptors (Lipinski definition) is 0. The Morgan fingerprint density at radius 3 is 1.52 bits per heavy atom. The van der Waals surface area contributed by atoms with Crippen molar-refractivity contribution in [1.29, 1.82) is 0 Å². The summed E-state index contributed by atoms with van der Waals surface area (Å²) < 4.78 is 0. The van der Waals surface area contributed by atoms with E-state index in [2.05, 4.69) is 82.0 Å². The van der Waals surface area contributed by atoms with Gasteiger partial charge in [0.2, 0.25) is 0 Å². The minimum atomic E-state index is 0.000255. The van der Waals surface area contributed by atoms with Gasteiger partial charge in [0.25, 0.3) is 0 Å². The van der Waals surface area contributed by atoms with Crippen LogP contribution in [0.15, 0.2) is 24.3 Å². The zero-order valence-electron chi connectivity index (χ0n) is 17.2. The molecule has 0 aromatic heterocycles. The van der Waals surface area contributed by atoms with Gasteiger partial charge in [-0.15, -0.1) is 9.24 Å². The van der Waals surface area contributed by atoms with E-state index in [0.717, 1.165) is 0 Å². The van der Waals surface area contributed by atoms with E-state index in [0.29, 0.717) is 0 Å². The highest BCUT2D eigenvalue weighted by Gasteiger charge is 2.32. The van der Waals surface area contributed by atoms with Gasteiger partial charge in [0, 0.05) is 5.16 Å². The van der Waals surface area contributed by atoms with Gasteiger partial charge in [-0.2, -0.15) is 0 Å². The summed E-state index contributed by atoms with van der Waals surface area (Å²) >= 11 is 0. The van der Waals surface area contributed by atoms with Gasteiger partial charge in [-0.3, -0.25) is 0 Å². The van der Waals surface area contributed by atoms with Crippen molar-refractivity contribution in [3.8, 4) is 0 Å². The normalized spacial score (nSPS) is 11.8. The molecular formula is C24H35P. The third-order valence-electron chi connectivity index (χ3n) is 6.25. The van der Waals surface area contributed by atoms with Gasteiger partial charge >= 0.3 is 0 Å². The highest BCUT2D eigenvalue weighted by Crippen LogP contribution is 2.47. The molecule has 25 heavy (non-hydrogen) atoms. The molecule has 0 aliphatic heterocycles. The smallest absolute Gasteiger partial charge is 0.0349 e. The third kappa shape index (κ3) is 3.85. The van der Waals surface area contributed by atoms with Crippen LogP contribution in [0.3, 0.4) is 0 Å². The minimum Gasteiger partial charge on any atom is -0.122 e. The van der Waals surface area contributed by atoms with Crippen LogP contribution in [-0.4, -0.2) is 0 Å². The summed E-state index contributed by atoms with van der Waals surface area (Å²) in [5.74, 6) is 0. The minimum absolute atomic E-state index is 0.000255. The van der Waals surface area contributed by atoms with Crippen LogP contribution in [0.2, 0.25) is 0 Å². The number of hydrogen-bond donors (Lipinski definition) is 0. The van der Waals surface area contributed by atoms with Gasteiger partial charge in [0.1, 0.15) is 0 Å². The molecule has 0 amide bonds. The predicted octanol–water partition coefficient (Wildman–Crippen LogP) is 7.24. The summed E-state index contributed by atoms with van der Waals surface area (Å²) in [6.45, 7) is 15.8. The van der Waals surface area contributed by atoms with Crippen LogP contribution in [0, 0.1) is 41.5 Å². The fourth-order valence-electron chi connectivity index (χ4n) is 3.95. The first-order valence-electron chi connectivity index (χ1n) is 9.67. The third-order valence-corrected chi connectivity index (χ3v) is 7.16. The molecule has 0 spiro atoms. The molecule has 1 heteroatoms. The summed E-state index contributed by atoms with van der Waals surface area (Å²) in [6, 6.07) is 9.33. The summed E-state index contributed by atoms with van der Waals surface area (Å²) in [5, 5.41) is 0.000255. The predicted molar refractivity (Wildman–Crippen MR) is 116 cm³/mol. The monoisotopic (exact) mass is 354 g/mol. The molecule has 0 heterocycles. The Kier molecular flexibility index (Phi) is 6.50. The zero-order chi connectivity index (χ0) is 18.8. The molecule has 2 rings (SSSR count). The highest BCUT2D eigenvalue weighted by atomic mass is 31.0. The summed E-state index contributed by atoms with van der Waals surface area (Å²) in [6.07, 6.45) is 5.00. The summed E-state index contributed by atoms with van der Waals surface area (Å²) in [4.78, 5) is 0.